The molecule has 0 aromatic heterocycles. The van der Waals surface area contributed by atoms with Crippen molar-refractivity contribution >= 4 is 18.0 Å². The molecule has 0 radical (unpaired) electrons. The zero-order chi connectivity index (χ0) is 18.8. The standard InChI is InChI=1S/C25H39N.ClH/c1-6-7-14-26-15-12-20(13-16-26)22-10-8-9-11-23(22)21-17-24(2,3)19-25(4,5)18-21;/h8-11,17,20H,6-7,12-16,18-19H2,1-5H3;1H. The predicted molar refractivity (Wildman–Crippen MR) is 122 cm³/mol. The zero-order valence-electron chi connectivity index (χ0n) is 18.2. The zero-order valence-corrected chi connectivity index (χ0v) is 19.0. The number of rotatable bonds is 5. The molecule has 1 aliphatic carbocycles. The Kier molecular flexibility index (Phi) is 7.62. The lowest BCUT2D eigenvalue weighted by atomic mass is 9.65. The molecule has 2 aliphatic rings. The van der Waals surface area contributed by atoms with E-state index in [0.29, 0.717) is 10.8 Å². The number of piperidine rings is 1. The van der Waals surface area contributed by atoms with Crippen LogP contribution in [0.2, 0.25) is 0 Å². The summed E-state index contributed by atoms with van der Waals surface area (Å²) in [5.41, 5.74) is 5.44. The van der Waals surface area contributed by atoms with E-state index in [4.69, 9.17) is 0 Å². The highest BCUT2D eigenvalue weighted by atomic mass is 35.5. The molecule has 152 valence electrons. The van der Waals surface area contributed by atoms with E-state index in [2.05, 4.69) is 69.9 Å². The van der Waals surface area contributed by atoms with Gasteiger partial charge < -0.3 is 4.90 Å². The molecule has 0 N–H and O–H groups in total. The molecule has 1 saturated heterocycles. The van der Waals surface area contributed by atoms with Gasteiger partial charge in [0.1, 0.15) is 0 Å². The molecule has 1 aromatic rings. The second kappa shape index (κ2) is 9.14. The lowest BCUT2D eigenvalue weighted by Gasteiger charge is -2.40. The van der Waals surface area contributed by atoms with Crippen molar-refractivity contribution in [2.24, 2.45) is 10.8 Å². The summed E-state index contributed by atoms with van der Waals surface area (Å²) in [4.78, 5) is 2.68. The molecule has 0 spiro atoms. The van der Waals surface area contributed by atoms with E-state index in [1.165, 1.54) is 58.2 Å². The Morgan fingerprint density at radius 1 is 1.04 bits per heavy atom. The average Bonchev–Trinajstić information content (AvgIpc) is 2.58. The second-order valence-corrected chi connectivity index (χ2v) is 10.2. The molecule has 0 unspecified atom stereocenters. The van der Waals surface area contributed by atoms with Crippen molar-refractivity contribution in [1.29, 1.82) is 0 Å². The lowest BCUT2D eigenvalue weighted by molar-refractivity contribution is 0.209. The highest BCUT2D eigenvalue weighted by Gasteiger charge is 2.34. The van der Waals surface area contributed by atoms with Crippen LogP contribution < -0.4 is 0 Å². The second-order valence-electron chi connectivity index (χ2n) is 10.2. The summed E-state index contributed by atoms with van der Waals surface area (Å²) in [5, 5.41) is 0. The van der Waals surface area contributed by atoms with Gasteiger partial charge in [-0.15, -0.1) is 12.4 Å². The van der Waals surface area contributed by atoms with E-state index >= 15 is 0 Å². The topological polar surface area (TPSA) is 3.24 Å². The van der Waals surface area contributed by atoms with Gasteiger partial charge in [-0.25, -0.2) is 0 Å². The molecule has 3 rings (SSSR count). The molecule has 1 nitrogen and oxygen atoms in total. The number of hydrogen-bond acceptors (Lipinski definition) is 1. The molecule has 1 heterocycles. The van der Waals surface area contributed by atoms with Crippen molar-refractivity contribution in [2.45, 2.75) is 79.1 Å². The Morgan fingerprint density at radius 2 is 1.70 bits per heavy atom. The molecule has 2 heteroatoms. The molecule has 1 fully saturated rings. The first-order valence-electron chi connectivity index (χ1n) is 10.8. The van der Waals surface area contributed by atoms with Gasteiger partial charge in [-0.3, -0.25) is 0 Å². The Bertz CT molecular complexity index is 635. The van der Waals surface area contributed by atoms with Gasteiger partial charge in [0.05, 0.1) is 0 Å². The predicted octanol–water partition coefficient (Wildman–Crippen LogP) is 7.32. The number of halogens is 1. The molecule has 0 bridgehead atoms. The minimum absolute atomic E-state index is 0. The molecule has 0 amide bonds. The Balaban J connectivity index is 0.00000261. The SMILES string of the molecule is CCCCN1CCC(c2ccccc2C2=CC(C)(C)CC(C)(C)C2)CC1.Cl. The summed E-state index contributed by atoms with van der Waals surface area (Å²) in [7, 11) is 0. The van der Waals surface area contributed by atoms with Gasteiger partial charge >= 0.3 is 0 Å². The van der Waals surface area contributed by atoms with Crippen LogP contribution in [0.4, 0.5) is 0 Å². The third-order valence-electron chi connectivity index (χ3n) is 6.33. The van der Waals surface area contributed by atoms with Crippen molar-refractivity contribution < 1.29 is 0 Å². The van der Waals surface area contributed by atoms with Crippen LogP contribution in [0.25, 0.3) is 5.57 Å². The van der Waals surface area contributed by atoms with E-state index in [1.807, 2.05) is 0 Å². The number of allylic oxidation sites excluding steroid dienone is 2. The number of nitrogens with zero attached hydrogens (tertiary/aromatic N) is 1. The largest absolute Gasteiger partial charge is 0.303 e. The van der Waals surface area contributed by atoms with E-state index in [0.717, 1.165) is 5.92 Å². The van der Waals surface area contributed by atoms with Crippen LogP contribution in [0, 0.1) is 10.8 Å². The lowest BCUT2D eigenvalue weighted by Crippen LogP contribution is -2.34. The summed E-state index contributed by atoms with van der Waals surface area (Å²) < 4.78 is 0. The van der Waals surface area contributed by atoms with Crippen LogP contribution >= 0.6 is 12.4 Å². The van der Waals surface area contributed by atoms with Crippen LogP contribution in [0.5, 0.6) is 0 Å². The number of hydrogen-bond donors (Lipinski definition) is 0. The van der Waals surface area contributed by atoms with Crippen LogP contribution in [0.15, 0.2) is 30.3 Å². The third kappa shape index (κ3) is 5.84. The summed E-state index contributed by atoms with van der Waals surface area (Å²) in [6, 6.07) is 9.30. The maximum absolute atomic E-state index is 2.68. The summed E-state index contributed by atoms with van der Waals surface area (Å²) in [6.07, 6.45) is 10.4. The smallest absolute Gasteiger partial charge is 0.00129 e. The van der Waals surface area contributed by atoms with E-state index in [-0.39, 0.29) is 12.4 Å². The van der Waals surface area contributed by atoms with Crippen LogP contribution in [-0.2, 0) is 0 Å². The van der Waals surface area contributed by atoms with Gasteiger partial charge in [0.25, 0.3) is 0 Å². The van der Waals surface area contributed by atoms with Crippen LogP contribution in [-0.4, -0.2) is 24.5 Å². The Hall–Kier alpha value is -0.790. The minimum atomic E-state index is 0. The molecule has 1 aromatic carbocycles. The van der Waals surface area contributed by atoms with Gasteiger partial charge in [-0.2, -0.15) is 0 Å². The van der Waals surface area contributed by atoms with Crippen molar-refractivity contribution in [2.75, 3.05) is 19.6 Å². The molecule has 27 heavy (non-hydrogen) atoms. The van der Waals surface area contributed by atoms with Crippen LogP contribution in [0.3, 0.4) is 0 Å². The molecule has 1 aliphatic heterocycles. The van der Waals surface area contributed by atoms with Gasteiger partial charge in [-0.05, 0) is 85.2 Å². The molecular formula is C25H40ClN. The monoisotopic (exact) mass is 389 g/mol. The first-order chi connectivity index (χ1) is 12.3. The van der Waals surface area contributed by atoms with E-state index in [1.54, 1.807) is 16.7 Å². The van der Waals surface area contributed by atoms with Crippen molar-refractivity contribution in [1.82, 2.24) is 4.90 Å². The first-order valence-corrected chi connectivity index (χ1v) is 10.8. The first kappa shape index (κ1) is 22.5. The molecule has 0 saturated carbocycles. The summed E-state index contributed by atoms with van der Waals surface area (Å²) in [5.74, 6) is 0.734. The normalized spacial score (nSPS) is 22.8. The quantitative estimate of drug-likeness (QED) is 0.509. The van der Waals surface area contributed by atoms with Gasteiger partial charge in [0.2, 0.25) is 0 Å². The highest BCUT2D eigenvalue weighted by molar-refractivity contribution is 5.85. The third-order valence-corrected chi connectivity index (χ3v) is 6.33. The average molecular weight is 390 g/mol. The fraction of sp³-hybridized carbons (Fsp3) is 0.680. The van der Waals surface area contributed by atoms with Crippen molar-refractivity contribution in [3.05, 3.63) is 41.5 Å². The maximum Gasteiger partial charge on any atom is -0.00129 e. The Morgan fingerprint density at radius 3 is 2.33 bits per heavy atom. The molecule has 0 atom stereocenters. The van der Waals surface area contributed by atoms with E-state index in [9.17, 15) is 0 Å². The van der Waals surface area contributed by atoms with E-state index < -0.39 is 0 Å². The number of benzene rings is 1. The van der Waals surface area contributed by atoms with Crippen molar-refractivity contribution in [3.8, 4) is 0 Å². The highest BCUT2D eigenvalue weighted by Crippen LogP contribution is 2.48. The van der Waals surface area contributed by atoms with Gasteiger partial charge in [0.15, 0.2) is 0 Å². The maximum atomic E-state index is 2.68. The fourth-order valence-corrected chi connectivity index (χ4v) is 5.55. The van der Waals surface area contributed by atoms with Gasteiger partial charge in [0, 0.05) is 0 Å². The molecular weight excluding hydrogens is 350 g/mol. The summed E-state index contributed by atoms with van der Waals surface area (Å²) in [6.45, 7) is 15.8. The summed E-state index contributed by atoms with van der Waals surface area (Å²) >= 11 is 0. The number of unbranched alkanes of at least 4 members (excludes halogenated alkanes) is 1. The minimum Gasteiger partial charge on any atom is -0.303 e. The number of likely N-dealkylation sites (tertiary alicyclic amines) is 1. The fourth-order valence-electron chi connectivity index (χ4n) is 5.55. The van der Waals surface area contributed by atoms with Crippen molar-refractivity contribution in [3.63, 3.8) is 0 Å². The van der Waals surface area contributed by atoms with Crippen LogP contribution in [0.1, 0.15) is 90.2 Å². The van der Waals surface area contributed by atoms with Gasteiger partial charge in [-0.1, -0.05) is 71.4 Å². The Labute approximate surface area is 174 Å².